The van der Waals surface area contributed by atoms with Gasteiger partial charge in [0.1, 0.15) is 35.2 Å². The lowest BCUT2D eigenvalue weighted by Gasteiger charge is -2.32. The smallest absolute Gasteiger partial charge is 0.153 e. The third kappa shape index (κ3) is 7.34. The van der Waals surface area contributed by atoms with Gasteiger partial charge >= 0.3 is 0 Å². The second-order valence-corrected chi connectivity index (χ2v) is 11.7. The molecule has 0 spiro atoms. The third-order valence-corrected chi connectivity index (χ3v) is 8.40. The number of ether oxygens (including phenoxy) is 3. The van der Waals surface area contributed by atoms with Gasteiger partial charge in [-0.3, -0.25) is 0 Å². The number of rotatable bonds is 12. The molecular weight excluding hydrogens is 604 g/mol. The monoisotopic (exact) mass is 640 g/mol. The molecule has 0 aliphatic carbocycles. The zero-order valence-corrected chi connectivity index (χ0v) is 26.9. The van der Waals surface area contributed by atoms with Gasteiger partial charge in [0.05, 0.1) is 0 Å². The number of aromatic hydroxyl groups is 1. The van der Waals surface area contributed by atoms with Crippen LogP contribution in [0.15, 0.2) is 194 Å². The molecule has 0 radical (unpaired) electrons. The summed E-state index contributed by atoms with van der Waals surface area (Å²) >= 11 is 0. The van der Waals surface area contributed by atoms with E-state index in [-0.39, 0.29) is 5.75 Å². The van der Waals surface area contributed by atoms with Crippen molar-refractivity contribution in [2.45, 2.75) is 18.3 Å². The van der Waals surface area contributed by atoms with Crippen molar-refractivity contribution in [3.8, 4) is 23.0 Å². The Bertz CT molecular complexity index is 2040. The summed E-state index contributed by atoms with van der Waals surface area (Å²) in [5, 5.41) is 12.1. The van der Waals surface area contributed by atoms with E-state index in [1.54, 1.807) is 6.07 Å². The number of phenols is 1. The van der Waals surface area contributed by atoms with Gasteiger partial charge in [0, 0.05) is 16.7 Å². The summed E-state index contributed by atoms with van der Waals surface area (Å²) in [5.41, 5.74) is 4.94. The highest BCUT2D eigenvalue weighted by Crippen LogP contribution is 2.46. The maximum Gasteiger partial charge on any atom is 0.153 e. The maximum absolute atomic E-state index is 12.1. The fourth-order valence-electron chi connectivity index (χ4n) is 6.13. The van der Waals surface area contributed by atoms with Crippen LogP contribution in [-0.4, -0.2) is 5.11 Å². The van der Waals surface area contributed by atoms with E-state index >= 15 is 0 Å². The largest absolute Gasteiger partial charge is 0.508 e. The van der Waals surface area contributed by atoms with Crippen LogP contribution in [-0.2, 0) is 0 Å². The highest BCUT2D eigenvalue weighted by atomic mass is 16.5. The number of phenolic OH excluding ortho intramolecular Hbond substituents is 1. The minimum atomic E-state index is -0.697. The van der Waals surface area contributed by atoms with Gasteiger partial charge in [-0.25, -0.2) is 0 Å². The molecule has 4 nitrogen and oxygen atoms in total. The predicted molar refractivity (Wildman–Crippen MR) is 194 cm³/mol. The zero-order valence-electron chi connectivity index (χ0n) is 26.9. The molecular formula is C45H36O4. The van der Waals surface area contributed by atoms with Crippen molar-refractivity contribution in [2.75, 3.05) is 0 Å². The number of hydrogen-bond acceptors (Lipinski definition) is 4. The van der Waals surface area contributed by atoms with E-state index in [0.29, 0.717) is 17.1 Å². The summed E-state index contributed by atoms with van der Waals surface area (Å²) in [5.74, 6) is 2.18. The molecule has 0 fully saturated rings. The maximum atomic E-state index is 12.1. The summed E-state index contributed by atoms with van der Waals surface area (Å²) in [6, 6.07) is 63.2. The first-order valence-electron chi connectivity index (χ1n) is 16.4. The molecule has 0 bridgehead atoms. The van der Waals surface area contributed by atoms with E-state index in [4.69, 9.17) is 14.2 Å². The van der Waals surface area contributed by atoms with E-state index in [9.17, 15) is 5.11 Å². The summed E-state index contributed by atoms with van der Waals surface area (Å²) in [7, 11) is 0. The number of benzene rings is 7. The van der Waals surface area contributed by atoms with Crippen LogP contribution >= 0.6 is 0 Å². The van der Waals surface area contributed by atoms with Gasteiger partial charge < -0.3 is 19.3 Å². The number of hydrogen-bond donors (Lipinski definition) is 1. The van der Waals surface area contributed by atoms with Crippen molar-refractivity contribution in [3.05, 3.63) is 228 Å². The standard InChI is InChI=1S/C45H36O4/c46-40-32-31-39(43(33-19-7-1-8-20-33)47-36-25-13-4-14-26-36)41(44(34-21-9-2-10-22-34)48-37-27-15-5-16-28-37)42(40)45(35-23-11-3-12-24-35)49-38-29-17-6-18-30-38/h1-32,43-46H. The Morgan fingerprint density at radius 1 is 0.306 bits per heavy atom. The molecule has 0 saturated carbocycles. The molecule has 0 aliphatic rings. The molecule has 7 aromatic rings. The molecule has 0 amide bonds. The highest BCUT2D eigenvalue weighted by molar-refractivity contribution is 5.56. The normalized spacial score (nSPS) is 12.7. The average Bonchev–Trinajstić information content (AvgIpc) is 3.18. The molecule has 3 unspecified atom stereocenters. The Balaban J connectivity index is 1.53. The van der Waals surface area contributed by atoms with Crippen LogP contribution in [0.4, 0.5) is 0 Å². The second kappa shape index (κ2) is 15.1. The fraction of sp³-hybridized carbons (Fsp3) is 0.0667. The molecule has 3 atom stereocenters. The van der Waals surface area contributed by atoms with E-state index < -0.39 is 18.3 Å². The molecule has 0 aromatic heterocycles. The topological polar surface area (TPSA) is 47.9 Å². The summed E-state index contributed by atoms with van der Waals surface area (Å²) in [4.78, 5) is 0. The Morgan fingerprint density at radius 2 is 0.612 bits per heavy atom. The van der Waals surface area contributed by atoms with Gasteiger partial charge in [0.25, 0.3) is 0 Å². The summed E-state index contributed by atoms with van der Waals surface area (Å²) < 4.78 is 20.7. The molecule has 7 rings (SSSR count). The van der Waals surface area contributed by atoms with Crippen LogP contribution in [0.25, 0.3) is 0 Å². The van der Waals surface area contributed by atoms with E-state index in [1.165, 1.54) is 0 Å². The minimum Gasteiger partial charge on any atom is -0.508 e. The van der Waals surface area contributed by atoms with Crippen LogP contribution in [0, 0.1) is 0 Å². The van der Waals surface area contributed by atoms with Crippen molar-refractivity contribution in [1.29, 1.82) is 0 Å². The van der Waals surface area contributed by atoms with E-state index in [2.05, 4.69) is 24.3 Å². The minimum absolute atomic E-state index is 0.0904. The SMILES string of the molecule is Oc1ccc(C(Oc2ccccc2)c2ccccc2)c(C(Oc2ccccc2)c2ccccc2)c1C(Oc1ccccc1)c1ccccc1. The van der Waals surface area contributed by atoms with Crippen molar-refractivity contribution >= 4 is 0 Å². The fourth-order valence-corrected chi connectivity index (χ4v) is 6.13. The average molecular weight is 641 g/mol. The zero-order chi connectivity index (χ0) is 33.3. The van der Waals surface area contributed by atoms with Gasteiger partial charge in [0.15, 0.2) is 6.10 Å². The van der Waals surface area contributed by atoms with Crippen molar-refractivity contribution in [2.24, 2.45) is 0 Å². The Hall–Kier alpha value is -6.26. The molecule has 4 heteroatoms. The Morgan fingerprint density at radius 3 is 1.00 bits per heavy atom. The van der Waals surface area contributed by atoms with Crippen LogP contribution in [0.5, 0.6) is 23.0 Å². The lowest BCUT2D eigenvalue weighted by molar-refractivity contribution is 0.209. The number of para-hydroxylation sites is 3. The third-order valence-electron chi connectivity index (χ3n) is 8.40. The summed E-state index contributed by atoms with van der Waals surface area (Å²) in [6.07, 6.45) is -1.91. The molecule has 0 saturated heterocycles. The van der Waals surface area contributed by atoms with Gasteiger partial charge in [-0.05, 0) is 59.2 Å². The van der Waals surface area contributed by atoms with Crippen LogP contribution in [0.1, 0.15) is 51.7 Å². The quantitative estimate of drug-likeness (QED) is 0.144. The first-order valence-corrected chi connectivity index (χ1v) is 16.4. The van der Waals surface area contributed by atoms with Gasteiger partial charge in [-0.1, -0.05) is 152 Å². The lowest BCUT2D eigenvalue weighted by atomic mass is 9.83. The molecule has 49 heavy (non-hydrogen) atoms. The first-order chi connectivity index (χ1) is 24.2. The van der Waals surface area contributed by atoms with Crippen molar-refractivity contribution in [1.82, 2.24) is 0 Å². The van der Waals surface area contributed by atoms with Gasteiger partial charge in [0.2, 0.25) is 0 Å². The molecule has 240 valence electrons. The van der Waals surface area contributed by atoms with Crippen molar-refractivity contribution in [3.63, 3.8) is 0 Å². The van der Waals surface area contributed by atoms with Crippen molar-refractivity contribution < 1.29 is 19.3 Å². The molecule has 0 aliphatic heterocycles. The second-order valence-electron chi connectivity index (χ2n) is 11.7. The van der Waals surface area contributed by atoms with Crippen LogP contribution < -0.4 is 14.2 Å². The first kappa shape index (κ1) is 31.3. The Labute approximate surface area is 287 Å². The predicted octanol–water partition coefficient (Wildman–Crippen LogP) is 10.9. The Kier molecular flexibility index (Phi) is 9.66. The van der Waals surface area contributed by atoms with Crippen LogP contribution in [0.3, 0.4) is 0 Å². The van der Waals surface area contributed by atoms with Crippen LogP contribution in [0.2, 0.25) is 0 Å². The van der Waals surface area contributed by atoms with E-state index in [1.807, 2.05) is 164 Å². The molecule has 0 heterocycles. The molecule has 7 aromatic carbocycles. The van der Waals surface area contributed by atoms with Gasteiger partial charge in [-0.2, -0.15) is 0 Å². The van der Waals surface area contributed by atoms with Gasteiger partial charge in [-0.15, -0.1) is 0 Å². The van der Waals surface area contributed by atoms with E-state index in [0.717, 1.165) is 33.6 Å². The highest BCUT2D eigenvalue weighted by Gasteiger charge is 2.35. The lowest BCUT2D eigenvalue weighted by Crippen LogP contribution is -2.22. The summed E-state index contributed by atoms with van der Waals surface area (Å²) in [6.45, 7) is 0. The molecule has 1 N–H and O–H groups in total.